The Hall–Kier alpha value is -1.54. The monoisotopic (exact) mass is 425 g/mol. The molecule has 146 valence electrons. The molecule has 2 aromatic rings. The number of fused-ring (bicyclic) bond motifs is 1. The second-order valence-electron chi connectivity index (χ2n) is 6.54. The normalized spacial score (nSPS) is 13.7. The quantitative estimate of drug-likeness (QED) is 0.691. The third-order valence-electron chi connectivity index (χ3n) is 4.43. The van der Waals surface area contributed by atoms with Gasteiger partial charge in [0.25, 0.3) is 5.91 Å². The lowest BCUT2D eigenvalue weighted by Crippen LogP contribution is -2.35. The summed E-state index contributed by atoms with van der Waals surface area (Å²) in [7, 11) is 0. The highest BCUT2D eigenvalue weighted by Gasteiger charge is 2.28. The summed E-state index contributed by atoms with van der Waals surface area (Å²) in [6.07, 6.45) is 0.789. The molecule has 1 aromatic carbocycles. The van der Waals surface area contributed by atoms with Crippen LogP contribution >= 0.6 is 35.5 Å². The predicted octanol–water partition coefficient (Wildman–Crippen LogP) is 3.77. The summed E-state index contributed by atoms with van der Waals surface area (Å²) in [5.74, 6) is -0.296. The number of carbonyl (C=O) groups excluding carboxylic acids is 2. The van der Waals surface area contributed by atoms with E-state index in [0.717, 1.165) is 34.8 Å². The Morgan fingerprint density at radius 3 is 2.63 bits per heavy atom. The van der Waals surface area contributed by atoms with Crippen molar-refractivity contribution in [2.45, 2.75) is 37.8 Å². The summed E-state index contributed by atoms with van der Waals surface area (Å²) in [5.41, 5.74) is 7.11. The molecule has 0 fully saturated rings. The fraction of sp³-hybridized carbons (Fsp3) is 0.368. The van der Waals surface area contributed by atoms with Gasteiger partial charge in [0.2, 0.25) is 5.91 Å². The molecule has 0 spiro atoms. The van der Waals surface area contributed by atoms with Gasteiger partial charge in [-0.15, -0.1) is 35.5 Å². The molecule has 0 aliphatic carbocycles. The van der Waals surface area contributed by atoms with E-state index in [0.29, 0.717) is 22.4 Å². The zero-order valence-corrected chi connectivity index (χ0v) is 17.8. The summed E-state index contributed by atoms with van der Waals surface area (Å²) in [4.78, 5) is 28.9. The number of nitrogens with one attached hydrogen (secondary N) is 1. The van der Waals surface area contributed by atoms with Crippen LogP contribution in [0, 0.1) is 0 Å². The van der Waals surface area contributed by atoms with Gasteiger partial charge in [-0.3, -0.25) is 14.5 Å². The summed E-state index contributed by atoms with van der Waals surface area (Å²) >= 11 is 2.95. The van der Waals surface area contributed by atoms with Crippen molar-refractivity contribution in [2.75, 3.05) is 17.6 Å². The van der Waals surface area contributed by atoms with Crippen LogP contribution in [0.2, 0.25) is 0 Å². The maximum atomic E-state index is 12.4. The van der Waals surface area contributed by atoms with Crippen molar-refractivity contribution < 1.29 is 9.59 Å². The molecule has 1 aliphatic heterocycles. The van der Waals surface area contributed by atoms with Crippen molar-refractivity contribution in [2.24, 2.45) is 5.73 Å². The van der Waals surface area contributed by atoms with Gasteiger partial charge in [0.1, 0.15) is 5.00 Å². The molecular formula is C19H24ClN3O2S2. The minimum absolute atomic E-state index is 0. The molecule has 0 saturated heterocycles. The van der Waals surface area contributed by atoms with Gasteiger partial charge in [-0.2, -0.15) is 0 Å². The molecule has 3 N–H and O–H groups in total. The molecule has 0 bridgehead atoms. The van der Waals surface area contributed by atoms with E-state index < -0.39 is 5.91 Å². The number of rotatable bonds is 6. The van der Waals surface area contributed by atoms with Crippen LogP contribution in [-0.4, -0.2) is 35.1 Å². The van der Waals surface area contributed by atoms with E-state index in [-0.39, 0.29) is 18.3 Å². The van der Waals surface area contributed by atoms with Crippen LogP contribution in [0.3, 0.4) is 0 Å². The second kappa shape index (κ2) is 9.59. The number of halogens is 1. The molecule has 1 aliphatic rings. The number of hydrogen-bond acceptors (Lipinski definition) is 5. The fourth-order valence-corrected chi connectivity index (χ4v) is 5.06. The molecule has 2 amide bonds. The summed E-state index contributed by atoms with van der Waals surface area (Å²) in [5, 5.41) is 3.49. The van der Waals surface area contributed by atoms with E-state index in [2.05, 4.69) is 24.1 Å². The van der Waals surface area contributed by atoms with Crippen molar-refractivity contribution >= 4 is 52.3 Å². The highest BCUT2D eigenvalue weighted by Crippen LogP contribution is 2.37. The van der Waals surface area contributed by atoms with Crippen molar-refractivity contribution in [1.82, 2.24) is 4.90 Å². The lowest BCUT2D eigenvalue weighted by molar-refractivity contribution is -0.113. The molecule has 8 heteroatoms. The lowest BCUT2D eigenvalue weighted by Gasteiger charge is -2.30. The molecule has 2 heterocycles. The Balaban J connectivity index is 0.00000261. The largest absolute Gasteiger partial charge is 0.365 e. The Labute approximate surface area is 174 Å². The number of amides is 2. The van der Waals surface area contributed by atoms with Crippen LogP contribution in [0.25, 0.3) is 0 Å². The molecule has 1 aromatic heterocycles. The van der Waals surface area contributed by atoms with E-state index in [1.165, 1.54) is 23.1 Å². The highest BCUT2D eigenvalue weighted by atomic mass is 35.5. The van der Waals surface area contributed by atoms with Crippen molar-refractivity contribution in [3.8, 4) is 0 Å². The number of carbonyl (C=O) groups is 2. The first-order chi connectivity index (χ1) is 12.5. The first-order valence-electron chi connectivity index (χ1n) is 8.61. The van der Waals surface area contributed by atoms with Crippen LogP contribution in [-0.2, 0) is 17.8 Å². The standard InChI is InChI=1S/C19H23N3O2S2.ClH/c1-12(2)22-9-8-14-15(10-22)26-19(17(14)18(20)24)21-16(23)11-25-13-6-4-3-5-7-13;/h3-7,12H,8-11H2,1-2H3,(H2,20,24)(H,21,23);1H. The van der Waals surface area contributed by atoms with Crippen molar-refractivity contribution in [3.05, 3.63) is 46.3 Å². The van der Waals surface area contributed by atoms with Crippen LogP contribution < -0.4 is 11.1 Å². The van der Waals surface area contributed by atoms with Gasteiger partial charge < -0.3 is 11.1 Å². The van der Waals surface area contributed by atoms with Crippen LogP contribution in [0.4, 0.5) is 5.00 Å². The molecule has 5 nitrogen and oxygen atoms in total. The van der Waals surface area contributed by atoms with E-state index in [4.69, 9.17) is 5.73 Å². The maximum absolute atomic E-state index is 12.4. The van der Waals surface area contributed by atoms with Gasteiger partial charge in [-0.05, 0) is 38.0 Å². The van der Waals surface area contributed by atoms with E-state index >= 15 is 0 Å². The minimum atomic E-state index is -0.466. The topological polar surface area (TPSA) is 75.4 Å². The number of benzene rings is 1. The zero-order valence-electron chi connectivity index (χ0n) is 15.4. The second-order valence-corrected chi connectivity index (χ2v) is 8.69. The van der Waals surface area contributed by atoms with Crippen molar-refractivity contribution in [1.29, 1.82) is 0 Å². The Morgan fingerprint density at radius 2 is 2.00 bits per heavy atom. The molecular weight excluding hydrogens is 402 g/mol. The fourth-order valence-electron chi connectivity index (χ4n) is 3.04. The van der Waals surface area contributed by atoms with Gasteiger partial charge in [-0.1, -0.05) is 18.2 Å². The van der Waals surface area contributed by atoms with Crippen LogP contribution in [0.5, 0.6) is 0 Å². The van der Waals surface area contributed by atoms with E-state index in [1.807, 2.05) is 30.3 Å². The van der Waals surface area contributed by atoms with Gasteiger partial charge in [0.05, 0.1) is 11.3 Å². The number of hydrogen-bond donors (Lipinski definition) is 2. The van der Waals surface area contributed by atoms with Gasteiger partial charge in [0.15, 0.2) is 0 Å². The SMILES string of the molecule is CC(C)N1CCc2c(sc(NC(=O)CSc3ccccc3)c2C(N)=O)C1.Cl. The Morgan fingerprint density at radius 1 is 1.30 bits per heavy atom. The maximum Gasteiger partial charge on any atom is 0.251 e. The smallest absolute Gasteiger partial charge is 0.251 e. The first kappa shape index (κ1) is 21.8. The molecule has 0 radical (unpaired) electrons. The van der Waals surface area contributed by atoms with E-state index in [1.54, 1.807) is 0 Å². The van der Waals surface area contributed by atoms with E-state index in [9.17, 15) is 9.59 Å². The van der Waals surface area contributed by atoms with Gasteiger partial charge in [-0.25, -0.2) is 0 Å². The number of nitrogens with zero attached hydrogens (tertiary/aromatic N) is 1. The summed E-state index contributed by atoms with van der Waals surface area (Å²) in [6.45, 7) is 6.03. The average Bonchev–Trinajstić information content (AvgIpc) is 2.97. The number of thioether (sulfide) groups is 1. The average molecular weight is 426 g/mol. The number of nitrogens with two attached hydrogens (primary N) is 1. The third-order valence-corrected chi connectivity index (χ3v) is 6.57. The van der Waals surface area contributed by atoms with Crippen LogP contribution in [0.15, 0.2) is 35.2 Å². The highest BCUT2D eigenvalue weighted by molar-refractivity contribution is 8.00. The Kier molecular flexibility index (Phi) is 7.73. The predicted molar refractivity (Wildman–Crippen MR) is 115 cm³/mol. The minimum Gasteiger partial charge on any atom is -0.365 e. The van der Waals surface area contributed by atoms with Gasteiger partial charge >= 0.3 is 0 Å². The first-order valence-corrected chi connectivity index (χ1v) is 10.4. The molecule has 0 atom stereocenters. The molecule has 0 unspecified atom stereocenters. The third kappa shape index (κ3) is 5.25. The van der Waals surface area contributed by atoms with Crippen molar-refractivity contribution in [3.63, 3.8) is 0 Å². The molecule has 3 rings (SSSR count). The number of primary amides is 1. The molecule has 0 saturated carbocycles. The number of thiophene rings is 1. The summed E-state index contributed by atoms with van der Waals surface area (Å²) in [6, 6.07) is 10.2. The molecule has 27 heavy (non-hydrogen) atoms. The Bertz CT molecular complexity index is 809. The number of anilines is 1. The van der Waals surface area contributed by atoms with Crippen LogP contribution in [0.1, 0.15) is 34.6 Å². The summed E-state index contributed by atoms with van der Waals surface area (Å²) < 4.78 is 0. The lowest BCUT2D eigenvalue weighted by atomic mass is 10.0. The zero-order chi connectivity index (χ0) is 18.7. The van der Waals surface area contributed by atoms with Gasteiger partial charge in [0, 0.05) is 28.9 Å².